The van der Waals surface area contributed by atoms with Crippen molar-refractivity contribution in [1.29, 1.82) is 0 Å². The fourth-order valence-corrected chi connectivity index (χ4v) is 4.36. The standard InChI is InChI=1S/C24H24N2O5/c1-4-20(27)26-19(24(29)31-3)13-17-16-7-5-6-8-18(16)25-21(17)22(26)14-9-11-15(12-10-14)23(28)30-2/h5-12,19,22,25H,4,13H2,1-3H3/t19-,22+/m0/s1. The Balaban J connectivity index is 1.92. The van der Waals surface area contributed by atoms with E-state index in [0.717, 1.165) is 27.7 Å². The van der Waals surface area contributed by atoms with E-state index in [0.29, 0.717) is 12.0 Å². The van der Waals surface area contributed by atoms with Gasteiger partial charge in [-0.2, -0.15) is 0 Å². The Morgan fingerprint density at radius 3 is 2.39 bits per heavy atom. The van der Waals surface area contributed by atoms with Gasteiger partial charge in [0.05, 0.1) is 25.8 Å². The number of ether oxygens (including phenoxy) is 2. The summed E-state index contributed by atoms with van der Waals surface area (Å²) >= 11 is 0. The van der Waals surface area contributed by atoms with Gasteiger partial charge in [0.1, 0.15) is 6.04 Å². The number of esters is 2. The Hall–Kier alpha value is -3.61. The van der Waals surface area contributed by atoms with E-state index in [-0.39, 0.29) is 12.3 Å². The van der Waals surface area contributed by atoms with Crippen LogP contribution < -0.4 is 0 Å². The van der Waals surface area contributed by atoms with E-state index >= 15 is 0 Å². The van der Waals surface area contributed by atoms with Crippen LogP contribution in [0.25, 0.3) is 10.9 Å². The summed E-state index contributed by atoms with van der Waals surface area (Å²) in [5.74, 6) is -1.04. The van der Waals surface area contributed by atoms with Crippen molar-refractivity contribution < 1.29 is 23.9 Å². The summed E-state index contributed by atoms with van der Waals surface area (Å²) in [6.07, 6.45) is 0.619. The molecule has 2 aromatic carbocycles. The molecule has 0 radical (unpaired) electrons. The Kier molecular flexibility index (Phi) is 5.50. The molecule has 2 heterocycles. The number of carbonyl (C=O) groups excluding carboxylic acids is 3. The second-order valence-electron chi connectivity index (χ2n) is 7.48. The van der Waals surface area contributed by atoms with E-state index in [1.54, 1.807) is 36.1 Å². The van der Waals surface area contributed by atoms with Crippen LogP contribution >= 0.6 is 0 Å². The van der Waals surface area contributed by atoms with Gasteiger partial charge < -0.3 is 19.4 Å². The molecule has 0 saturated heterocycles. The minimum absolute atomic E-state index is 0.151. The maximum absolute atomic E-state index is 13.1. The van der Waals surface area contributed by atoms with Gasteiger partial charge >= 0.3 is 11.9 Å². The molecule has 1 aromatic heterocycles. The lowest BCUT2D eigenvalue weighted by atomic mass is 9.87. The molecular formula is C24H24N2O5. The molecule has 2 atom stereocenters. The van der Waals surface area contributed by atoms with Gasteiger partial charge in [0.2, 0.25) is 5.91 Å². The first-order valence-corrected chi connectivity index (χ1v) is 10.2. The molecule has 0 aliphatic carbocycles. The molecule has 1 aliphatic rings. The predicted molar refractivity (Wildman–Crippen MR) is 115 cm³/mol. The fourth-order valence-electron chi connectivity index (χ4n) is 4.36. The van der Waals surface area contributed by atoms with E-state index in [2.05, 4.69) is 4.98 Å². The smallest absolute Gasteiger partial charge is 0.337 e. The van der Waals surface area contributed by atoms with Crippen LogP contribution in [-0.2, 0) is 25.5 Å². The molecule has 0 unspecified atom stereocenters. The summed E-state index contributed by atoms with van der Waals surface area (Å²) < 4.78 is 9.85. The van der Waals surface area contributed by atoms with Crippen LogP contribution in [-0.4, -0.2) is 48.0 Å². The van der Waals surface area contributed by atoms with Gasteiger partial charge in [-0.1, -0.05) is 37.3 Å². The quantitative estimate of drug-likeness (QED) is 0.654. The van der Waals surface area contributed by atoms with E-state index in [9.17, 15) is 14.4 Å². The third-order valence-electron chi connectivity index (χ3n) is 5.84. The van der Waals surface area contributed by atoms with Gasteiger partial charge in [0.15, 0.2) is 0 Å². The molecule has 7 heteroatoms. The number of methoxy groups -OCH3 is 2. The summed E-state index contributed by atoms with van der Waals surface area (Å²) in [5, 5.41) is 1.02. The zero-order chi connectivity index (χ0) is 22.1. The minimum Gasteiger partial charge on any atom is -0.467 e. The lowest BCUT2D eigenvalue weighted by Gasteiger charge is -2.41. The van der Waals surface area contributed by atoms with Crippen LogP contribution in [0.3, 0.4) is 0 Å². The van der Waals surface area contributed by atoms with Crippen LogP contribution in [0.4, 0.5) is 0 Å². The van der Waals surface area contributed by atoms with Crippen molar-refractivity contribution in [3.05, 3.63) is 70.9 Å². The Morgan fingerprint density at radius 1 is 1.03 bits per heavy atom. The Morgan fingerprint density at radius 2 is 1.74 bits per heavy atom. The van der Waals surface area contributed by atoms with E-state index < -0.39 is 24.0 Å². The van der Waals surface area contributed by atoms with E-state index in [1.165, 1.54) is 14.2 Å². The number of carbonyl (C=O) groups is 3. The molecule has 0 fully saturated rings. The number of benzene rings is 2. The maximum Gasteiger partial charge on any atom is 0.337 e. The van der Waals surface area contributed by atoms with Gasteiger partial charge in [-0.15, -0.1) is 0 Å². The normalized spacial score (nSPS) is 17.8. The van der Waals surface area contributed by atoms with E-state index in [1.807, 2.05) is 24.3 Å². The average molecular weight is 420 g/mol. The number of nitrogens with one attached hydrogen (secondary N) is 1. The van der Waals surface area contributed by atoms with Crippen molar-refractivity contribution in [2.75, 3.05) is 14.2 Å². The number of para-hydroxylation sites is 1. The summed E-state index contributed by atoms with van der Waals surface area (Å²) in [4.78, 5) is 42.7. The fraction of sp³-hybridized carbons (Fsp3) is 0.292. The number of nitrogens with zero attached hydrogens (tertiary/aromatic N) is 1. The SMILES string of the molecule is CCC(=O)N1[C@H](c2ccc(C(=O)OC)cc2)c2[nH]c3ccccc3c2C[C@H]1C(=O)OC. The predicted octanol–water partition coefficient (Wildman–Crippen LogP) is 3.38. The van der Waals surface area contributed by atoms with Crippen LogP contribution in [0.15, 0.2) is 48.5 Å². The second kappa shape index (κ2) is 8.26. The summed E-state index contributed by atoms with van der Waals surface area (Å²) in [6, 6.07) is 13.5. The largest absolute Gasteiger partial charge is 0.467 e. The van der Waals surface area contributed by atoms with Crippen LogP contribution in [0.2, 0.25) is 0 Å². The number of aromatic nitrogens is 1. The average Bonchev–Trinajstić information content (AvgIpc) is 3.19. The van der Waals surface area contributed by atoms with Gasteiger partial charge in [-0.25, -0.2) is 9.59 Å². The molecule has 3 aromatic rings. The monoisotopic (exact) mass is 420 g/mol. The molecule has 1 N–H and O–H groups in total. The van der Waals surface area contributed by atoms with Crippen molar-refractivity contribution in [2.24, 2.45) is 0 Å². The van der Waals surface area contributed by atoms with Gasteiger partial charge in [-0.05, 0) is 29.3 Å². The van der Waals surface area contributed by atoms with Gasteiger partial charge in [0.25, 0.3) is 0 Å². The molecule has 1 amide bonds. The van der Waals surface area contributed by atoms with Crippen LogP contribution in [0, 0.1) is 0 Å². The first-order valence-electron chi connectivity index (χ1n) is 10.2. The molecule has 7 nitrogen and oxygen atoms in total. The number of hydrogen-bond donors (Lipinski definition) is 1. The van der Waals surface area contributed by atoms with Crippen LogP contribution in [0.1, 0.15) is 46.6 Å². The van der Waals surface area contributed by atoms with Crippen molar-refractivity contribution in [3.8, 4) is 0 Å². The molecule has 0 spiro atoms. The lowest BCUT2D eigenvalue weighted by Crippen LogP contribution is -2.51. The number of fused-ring (bicyclic) bond motifs is 3. The Bertz CT molecular complexity index is 1150. The molecule has 1 aliphatic heterocycles. The highest BCUT2D eigenvalue weighted by Gasteiger charge is 2.43. The highest BCUT2D eigenvalue weighted by molar-refractivity contribution is 5.91. The summed E-state index contributed by atoms with van der Waals surface area (Å²) in [5.41, 5.74) is 4.01. The molecule has 0 bridgehead atoms. The maximum atomic E-state index is 13.1. The highest BCUT2D eigenvalue weighted by atomic mass is 16.5. The third-order valence-corrected chi connectivity index (χ3v) is 5.84. The van der Waals surface area contributed by atoms with Crippen molar-refractivity contribution in [2.45, 2.75) is 31.8 Å². The van der Waals surface area contributed by atoms with Crippen molar-refractivity contribution in [3.63, 3.8) is 0 Å². The number of amides is 1. The topological polar surface area (TPSA) is 88.7 Å². The molecular weight excluding hydrogens is 396 g/mol. The minimum atomic E-state index is -0.741. The zero-order valence-corrected chi connectivity index (χ0v) is 17.7. The van der Waals surface area contributed by atoms with Crippen molar-refractivity contribution in [1.82, 2.24) is 9.88 Å². The molecule has 4 rings (SSSR count). The van der Waals surface area contributed by atoms with Gasteiger partial charge in [0, 0.05) is 29.4 Å². The van der Waals surface area contributed by atoms with Crippen molar-refractivity contribution >= 4 is 28.7 Å². The Labute approximate surface area is 179 Å². The molecule has 31 heavy (non-hydrogen) atoms. The third kappa shape index (κ3) is 3.46. The molecule has 0 saturated carbocycles. The first-order chi connectivity index (χ1) is 15.0. The van der Waals surface area contributed by atoms with Gasteiger partial charge in [-0.3, -0.25) is 4.79 Å². The number of hydrogen-bond acceptors (Lipinski definition) is 5. The zero-order valence-electron chi connectivity index (χ0n) is 17.7. The summed E-state index contributed by atoms with van der Waals surface area (Å²) in [7, 11) is 2.67. The van der Waals surface area contributed by atoms with E-state index in [4.69, 9.17) is 9.47 Å². The first kappa shape index (κ1) is 20.7. The van der Waals surface area contributed by atoms with Crippen LogP contribution in [0.5, 0.6) is 0 Å². The summed E-state index contributed by atoms with van der Waals surface area (Å²) in [6.45, 7) is 1.77. The number of aromatic amines is 1. The number of rotatable bonds is 4. The number of H-pyrrole nitrogens is 1. The highest BCUT2D eigenvalue weighted by Crippen LogP contribution is 2.41. The second-order valence-corrected chi connectivity index (χ2v) is 7.48. The molecule has 160 valence electrons. The lowest BCUT2D eigenvalue weighted by molar-refractivity contribution is -0.155.